The third kappa shape index (κ3) is 5.95. The monoisotopic (exact) mass is 234 g/mol. The Hall–Kier alpha value is -1.51. The van der Waals surface area contributed by atoms with E-state index in [1.54, 1.807) is 0 Å². The van der Waals surface area contributed by atoms with Gasteiger partial charge < -0.3 is 10.6 Å². The van der Waals surface area contributed by atoms with E-state index in [9.17, 15) is 4.79 Å². The highest BCUT2D eigenvalue weighted by Crippen LogP contribution is 2.11. The highest BCUT2D eigenvalue weighted by Gasteiger charge is 1.95. The molecule has 0 bridgehead atoms. The summed E-state index contributed by atoms with van der Waals surface area (Å²) in [5.74, 6) is 0.0155. The summed E-state index contributed by atoms with van der Waals surface area (Å²) in [4.78, 5) is 10.7. The van der Waals surface area contributed by atoms with Crippen LogP contribution in [0.5, 0.6) is 0 Å². The zero-order valence-electron chi connectivity index (χ0n) is 10.8. The second-order valence-corrected chi connectivity index (χ2v) is 4.21. The summed E-state index contributed by atoms with van der Waals surface area (Å²) in [6.07, 6.45) is 3.63. The van der Waals surface area contributed by atoms with Gasteiger partial charge in [-0.3, -0.25) is 4.79 Å². The number of amides is 1. The Morgan fingerprint density at radius 2 is 1.88 bits per heavy atom. The fourth-order valence-corrected chi connectivity index (χ4v) is 1.62. The second kappa shape index (κ2) is 7.71. The minimum Gasteiger partial charge on any atom is -0.383 e. The number of anilines is 1. The Morgan fingerprint density at radius 3 is 2.47 bits per heavy atom. The van der Waals surface area contributed by atoms with E-state index in [1.807, 2.05) is 0 Å². The number of rotatable bonds is 7. The molecule has 17 heavy (non-hydrogen) atoms. The second-order valence-electron chi connectivity index (χ2n) is 4.21. The lowest BCUT2D eigenvalue weighted by molar-refractivity contribution is -0.118. The van der Waals surface area contributed by atoms with Crippen molar-refractivity contribution >= 4 is 11.6 Å². The third-order valence-corrected chi connectivity index (χ3v) is 2.60. The molecule has 0 fully saturated rings. The van der Waals surface area contributed by atoms with Crippen LogP contribution in [-0.2, 0) is 11.2 Å². The third-order valence-electron chi connectivity index (χ3n) is 2.60. The molecule has 0 heterocycles. The largest absolute Gasteiger partial charge is 0.383 e. The van der Waals surface area contributed by atoms with Crippen LogP contribution in [0.4, 0.5) is 5.69 Å². The van der Waals surface area contributed by atoms with Crippen LogP contribution < -0.4 is 10.6 Å². The molecule has 0 aliphatic rings. The van der Waals surface area contributed by atoms with Gasteiger partial charge in [0.1, 0.15) is 0 Å². The summed E-state index contributed by atoms with van der Waals surface area (Å²) in [6, 6.07) is 8.52. The molecule has 1 aromatic carbocycles. The number of hydrogen-bond acceptors (Lipinski definition) is 2. The SMILES string of the molecule is CCCCc1ccc(NCCNC(C)=O)cc1. The molecule has 0 spiro atoms. The number of unbranched alkanes of at least 4 members (excludes halogenated alkanes) is 1. The summed E-state index contributed by atoms with van der Waals surface area (Å²) in [5, 5.41) is 6.02. The number of carbonyl (C=O) groups is 1. The molecular formula is C14H22N2O. The molecule has 0 aliphatic heterocycles. The first-order valence-corrected chi connectivity index (χ1v) is 6.29. The maximum absolute atomic E-state index is 10.7. The van der Waals surface area contributed by atoms with E-state index in [2.05, 4.69) is 41.8 Å². The molecule has 0 saturated carbocycles. The molecule has 2 N–H and O–H groups in total. The highest BCUT2D eigenvalue weighted by molar-refractivity contribution is 5.72. The lowest BCUT2D eigenvalue weighted by Gasteiger charge is -2.07. The maximum atomic E-state index is 10.7. The molecular weight excluding hydrogens is 212 g/mol. The van der Waals surface area contributed by atoms with Crippen molar-refractivity contribution in [1.29, 1.82) is 0 Å². The van der Waals surface area contributed by atoms with Crippen LogP contribution in [0.3, 0.4) is 0 Å². The van der Waals surface area contributed by atoms with Crippen molar-refractivity contribution in [2.45, 2.75) is 33.1 Å². The van der Waals surface area contributed by atoms with E-state index < -0.39 is 0 Å². The molecule has 3 nitrogen and oxygen atoms in total. The fourth-order valence-electron chi connectivity index (χ4n) is 1.62. The Bertz CT molecular complexity index is 333. The van der Waals surface area contributed by atoms with E-state index in [1.165, 1.54) is 25.3 Å². The Morgan fingerprint density at radius 1 is 1.18 bits per heavy atom. The number of nitrogens with one attached hydrogen (secondary N) is 2. The quantitative estimate of drug-likeness (QED) is 0.712. The normalized spacial score (nSPS) is 10.0. The van der Waals surface area contributed by atoms with Crippen molar-refractivity contribution in [3.63, 3.8) is 0 Å². The first-order valence-electron chi connectivity index (χ1n) is 6.29. The van der Waals surface area contributed by atoms with Crippen LogP contribution in [0.1, 0.15) is 32.3 Å². The van der Waals surface area contributed by atoms with Crippen LogP contribution in [0, 0.1) is 0 Å². The van der Waals surface area contributed by atoms with Gasteiger partial charge in [-0.05, 0) is 30.5 Å². The van der Waals surface area contributed by atoms with Crippen LogP contribution >= 0.6 is 0 Å². The van der Waals surface area contributed by atoms with E-state index in [4.69, 9.17) is 0 Å². The molecule has 0 aromatic heterocycles. The lowest BCUT2D eigenvalue weighted by atomic mass is 10.1. The van der Waals surface area contributed by atoms with E-state index in [0.717, 1.165) is 18.7 Å². The van der Waals surface area contributed by atoms with Crippen molar-refractivity contribution in [3.05, 3.63) is 29.8 Å². The van der Waals surface area contributed by atoms with Crippen molar-refractivity contribution in [1.82, 2.24) is 5.32 Å². The molecule has 1 amide bonds. The zero-order valence-corrected chi connectivity index (χ0v) is 10.8. The average Bonchev–Trinajstić information content (AvgIpc) is 2.33. The van der Waals surface area contributed by atoms with Gasteiger partial charge in [0, 0.05) is 25.7 Å². The molecule has 1 aromatic rings. The predicted octanol–water partition coefficient (Wildman–Crippen LogP) is 2.58. The zero-order chi connectivity index (χ0) is 12.5. The van der Waals surface area contributed by atoms with Crippen molar-refractivity contribution < 1.29 is 4.79 Å². The molecule has 0 saturated heterocycles. The first-order chi connectivity index (χ1) is 8.22. The van der Waals surface area contributed by atoms with Gasteiger partial charge in [-0.25, -0.2) is 0 Å². The van der Waals surface area contributed by atoms with Gasteiger partial charge in [-0.15, -0.1) is 0 Å². The van der Waals surface area contributed by atoms with Crippen molar-refractivity contribution in [2.75, 3.05) is 18.4 Å². The summed E-state index contributed by atoms with van der Waals surface area (Å²) in [5.41, 5.74) is 2.50. The summed E-state index contributed by atoms with van der Waals surface area (Å²) in [6.45, 7) is 5.15. The molecule has 0 unspecified atom stereocenters. The van der Waals surface area contributed by atoms with E-state index in [-0.39, 0.29) is 5.91 Å². The summed E-state index contributed by atoms with van der Waals surface area (Å²) in [7, 11) is 0. The number of carbonyl (C=O) groups excluding carboxylic acids is 1. The minimum absolute atomic E-state index is 0.0155. The van der Waals surface area contributed by atoms with Crippen LogP contribution in [0.15, 0.2) is 24.3 Å². The Labute approximate surface area is 104 Å². The van der Waals surface area contributed by atoms with Crippen LogP contribution in [0.25, 0.3) is 0 Å². The van der Waals surface area contributed by atoms with E-state index >= 15 is 0 Å². The summed E-state index contributed by atoms with van der Waals surface area (Å²) < 4.78 is 0. The van der Waals surface area contributed by atoms with Crippen molar-refractivity contribution in [2.24, 2.45) is 0 Å². The van der Waals surface area contributed by atoms with Gasteiger partial charge in [0.25, 0.3) is 0 Å². The van der Waals surface area contributed by atoms with Gasteiger partial charge in [0.15, 0.2) is 0 Å². The molecule has 0 aliphatic carbocycles. The Balaban J connectivity index is 2.27. The van der Waals surface area contributed by atoms with Crippen molar-refractivity contribution in [3.8, 4) is 0 Å². The topological polar surface area (TPSA) is 41.1 Å². The number of benzene rings is 1. The lowest BCUT2D eigenvalue weighted by Crippen LogP contribution is -2.26. The molecule has 1 rings (SSSR count). The molecule has 0 atom stereocenters. The fraction of sp³-hybridized carbons (Fsp3) is 0.500. The Kier molecular flexibility index (Phi) is 6.15. The maximum Gasteiger partial charge on any atom is 0.216 e. The smallest absolute Gasteiger partial charge is 0.216 e. The minimum atomic E-state index is 0.0155. The van der Waals surface area contributed by atoms with Gasteiger partial charge >= 0.3 is 0 Å². The predicted molar refractivity (Wildman–Crippen MR) is 72.2 cm³/mol. The van der Waals surface area contributed by atoms with Crippen LogP contribution in [0.2, 0.25) is 0 Å². The molecule has 3 heteroatoms. The van der Waals surface area contributed by atoms with Gasteiger partial charge in [-0.1, -0.05) is 25.5 Å². The first kappa shape index (κ1) is 13.6. The van der Waals surface area contributed by atoms with E-state index in [0.29, 0.717) is 6.54 Å². The molecule has 94 valence electrons. The summed E-state index contributed by atoms with van der Waals surface area (Å²) >= 11 is 0. The average molecular weight is 234 g/mol. The van der Waals surface area contributed by atoms with Gasteiger partial charge in [-0.2, -0.15) is 0 Å². The van der Waals surface area contributed by atoms with Crippen LogP contribution in [-0.4, -0.2) is 19.0 Å². The standard InChI is InChI=1S/C14H22N2O/c1-3-4-5-13-6-8-14(9-7-13)16-11-10-15-12(2)17/h6-9,16H,3-5,10-11H2,1-2H3,(H,15,17). The number of hydrogen-bond donors (Lipinski definition) is 2. The van der Waals surface area contributed by atoms with Gasteiger partial charge in [0.2, 0.25) is 5.91 Å². The highest BCUT2D eigenvalue weighted by atomic mass is 16.1. The number of aryl methyl sites for hydroxylation is 1. The van der Waals surface area contributed by atoms with Gasteiger partial charge in [0.05, 0.1) is 0 Å². The molecule has 0 radical (unpaired) electrons.